The maximum Gasteiger partial charge on any atom is 0.326 e. The molecule has 7 atom stereocenters. The largest absolute Gasteiger partial charge is 0.480 e. The van der Waals surface area contributed by atoms with Crippen molar-refractivity contribution in [2.24, 2.45) is 45.1 Å². The number of aliphatic carboxylic acids is 1. The maximum atomic E-state index is 14.5. The molecule has 0 saturated carbocycles. The van der Waals surface area contributed by atoms with Crippen LogP contribution in [0.2, 0.25) is 0 Å². The number of nitrogens with zero attached hydrogens (tertiary/aromatic N) is 2. The molecule has 1 aromatic carbocycles. The van der Waals surface area contributed by atoms with Crippen LogP contribution < -0.4 is 72.0 Å². The molecule has 2 aromatic heterocycles. The fourth-order valence-electron chi connectivity index (χ4n) is 7.49. The molecule has 0 aliphatic rings. The Bertz CT molecular complexity index is 2300. The molecule has 0 spiro atoms. The van der Waals surface area contributed by atoms with E-state index in [4.69, 9.17) is 40.1 Å². The van der Waals surface area contributed by atoms with Gasteiger partial charge in [-0.1, -0.05) is 18.2 Å². The van der Waals surface area contributed by atoms with Crippen LogP contribution in [0.25, 0.3) is 10.9 Å². The van der Waals surface area contributed by atoms with Crippen LogP contribution in [0.1, 0.15) is 88.3 Å². The average Bonchev–Trinajstić information content (AvgIpc) is 4.01. The van der Waals surface area contributed by atoms with Crippen LogP contribution in [0.5, 0.6) is 0 Å². The number of unbranched alkanes of at least 4 members (excludes halogenated alkanes) is 2. The van der Waals surface area contributed by atoms with Crippen LogP contribution in [0.4, 0.5) is 0 Å². The molecule has 23 N–H and O–H groups in total. The third kappa shape index (κ3) is 20.7. The topological polar surface area (TPSA) is 485 Å². The number of aromatic nitrogens is 3. The number of imidazole rings is 1. The Hall–Kier alpha value is -7.65. The number of carbonyl (C=O) groups is 9. The fourth-order valence-corrected chi connectivity index (χ4v) is 7.49. The lowest BCUT2D eigenvalue weighted by molar-refractivity contribution is -0.142. The number of para-hydroxylation sites is 1. The van der Waals surface area contributed by atoms with Crippen molar-refractivity contribution >= 4 is 70.1 Å². The number of carboxylic acid groups (broad SMARTS) is 1. The summed E-state index contributed by atoms with van der Waals surface area (Å²) in [6.45, 7) is 0.549. The number of amides is 8. The summed E-state index contributed by atoms with van der Waals surface area (Å²) in [4.78, 5) is 133. The van der Waals surface area contributed by atoms with Gasteiger partial charge in [-0.15, -0.1) is 0 Å². The highest BCUT2D eigenvalue weighted by molar-refractivity contribution is 5.98. The number of carboxylic acids is 1. The number of hydrogen-bond donors (Lipinski definition) is 16. The molecule has 0 bridgehead atoms. The lowest BCUT2D eigenvalue weighted by Gasteiger charge is -2.28. The number of hydrogen-bond acceptors (Lipinski definition) is 14. The molecule has 0 saturated heterocycles. The first-order valence-corrected chi connectivity index (χ1v) is 23.7. The Balaban J connectivity index is 1.96. The summed E-state index contributed by atoms with van der Waals surface area (Å²) in [7, 11) is 0. The second-order valence-corrected chi connectivity index (χ2v) is 17.2. The predicted octanol–water partition coefficient (Wildman–Crippen LogP) is -4.16. The van der Waals surface area contributed by atoms with Gasteiger partial charge < -0.3 is 87.1 Å². The number of carbonyl (C=O) groups excluding carboxylic acids is 8. The zero-order valence-electron chi connectivity index (χ0n) is 40.2. The van der Waals surface area contributed by atoms with Gasteiger partial charge in [0.15, 0.2) is 5.96 Å². The van der Waals surface area contributed by atoms with Crippen molar-refractivity contribution < 1.29 is 48.3 Å². The zero-order chi connectivity index (χ0) is 53.2. The molecule has 2 heterocycles. The minimum atomic E-state index is -1.56. The van der Waals surface area contributed by atoms with Crippen molar-refractivity contribution in [1.82, 2.24) is 46.9 Å². The second-order valence-electron chi connectivity index (χ2n) is 17.2. The minimum absolute atomic E-state index is 0.0239. The van der Waals surface area contributed by atoms with Crippen molar-refractivity contribution in [2.45, 2.75) is 132 Å². The van der Waals surface area contributed by atoms with E-state index in [2.05, 4.69) is 51.8 Å². The molecular weight excluding hydrogens is 939 g/mol. The number of nitrogens with one attached hydrogen (secondary N) is 8. The molecule has 396 valence electrons. The summed E-state index contributed by atoms with van der Waals surface area (Å²) in [6.07, 6.45) is 4.80. The van der Waals surface area contributed by atoms with Gasteiger partial charge in [-0.25, -0.2) is 9.78 Å². The Labute approximate surface area is 415 Å². The minimum Gasteiger partial charge on any atom is -0.480 e. The van der Waals surface area contributed by atoms with Crippen molar-refractivity contribution in [3.63, 3.8) is 0 Å². The monoisotopic (exact) mass is 1010 g/mol. The van der Waals surface area contributed by atoms with E-state index in [-0.39, 0.29) is 76.8 Å². The van der Waals surface area contributed by atoms with Crippen LogP contribution in [0.3, 0.4) is 0 Å². The summed E-state index contributed by atoms with van der Waals surface area (Å²) in [5.41, 5.74) is 41.1. The van der Waals surface area contributed by atoms with E-state index in [9.17, 15) is 48.3 Å². The molecule has 3 rings (SSSR count). The summed E-state index contributed by atoms with van der Waals surface area (Å²) < 4.78 is 0. The van der Waals surface area contributed by atoms with Gasteiger partial charge in [-0.3, -0.25) is 43.3 Å². The second kappa shape index (κ2) is 30.8. The third-order valence-corrected chi connectivity index (χ3v) is 11.4. The molecule has 0 aliphatic heterocycles. The number of aromatic amines is 2. The predicted molar refractivity (Wildman–Crippen MR) is 264 cm³/mol. The van der Waals surface area contributed by atoms with Crippen LogP contribution in [-0.2, 0) is 56.0 Å². The Kier molecular flexibility index (Phi) is 25.1. The maximum absolute atomic E-state index is 14.5. The van der Waals surface area contributed by atoms with Gasteiger partial charge in [0.1, 0.15) is 36.3 Å². The normalized spacial score (nSPS) is 14.0. The number of guanidine groups is 1. The molecule has 27 nitrogen and oxygen atoms in total. The number of nitrogens with two attached hydrogens (primary N) is 7. The van der Waals surface area contributed by atoms with Gasteiger partial charge in [0, 0.05) is 61.2 Å². The quantitative estimate of drug-likeness (QED) is 0.0151. The summed E-state index contributed by atoms with van der Waals surface area (Å²) in [5.74, 6) is -8.38. The van der Waals surface area contributed by atoms with Crippen molar-refractivity contribution in [2.75, 3.05) is 19.6 Å². The number of H-pyrrole nitrogens is 2. The SMILES string of the molecule is NCCCC[C@H](NC(=O)[C@H](CCC(N)=O)NC(=O)[C@H](Cc1c[nH]c2ccccc12)NC(=O)[C@H](CCCCN)NC(=O)[C@@H](N)Cc1cnc[nH]1)C(=O)N[C@@H](CCCN=C(N)N)C(=O)N[C@@H](CCC(N)=O)C(=O)O. The first-order chi connectivity index (χ1) is 34.3. The summed E-state index contributed by atoms with van der Waals surface area (Å²) in [6, 6.07) is -2.36. The fraction of sp³-hybridized carbons (Fsp3) is 0.533. The van der Waals surface area contributed by atoms with Gasteiger partial charge in [-0.05, 0) is 88.9 Å². The van der Waals surface area contributed by atoms with Crippen LogP contribution in [0.15, 0.2) is 48.0 Å². The molecule has 0 radical (unpaired) electrons. The van der Waals surface area contributed by atoms with E-state index in [0.717, 1.165) is 10.9 Å². The first kappa shape index (κ1) is 58.7. The summed E-state index contributed by atoms with van der Waals surface area (Å²) >= 11 is 0. The van der Waals surface area contributed by atoms with E-state index in [1.165, 1.54) is 12.5 Å². The lowest BCUT2D eigenvalue weighted by Crippen LogP contribution is -2.60. The Morgan fingerprint density at radius 1 is 0.583 bits per heavy atom. The van der Waals surface area contributed by atoms with E-state index in [1.54, 1.807) is 24.4 Å². The van der Waals surface area contributed by atoms with Crippen LogP contribution in [0, 0.1) is 0 Å². The highest BCUT2D eigenvalue weighted by Crippen LogP contribution is 2.20. The molecule has 27 heteroatoms. The van der Waals surface area contributed by atoms with Crippen LogP contribution >= 0.6 is 0 Å². The molecular formula is C45H71N17O10. The highest BCUT2D eigenvalue weighted by Gasteiger charge is 2.34. The van der Waals surface area contributed by atoms with Crippen LogP contribution in [-0.4, -0.2) is 141 Å². The smallest absolute Gasteiger partial charge is 0.326 e. The highest BCUT2D eigenvalue weighted by atomic mass is 16.4. The molecule has 72 heavy (non-hydrogen) atoms. The molecule has 8 amide bonds. The Morgan fingerprint density at radius 2 is 1.06 bits per heavy atom. The number of aliphatic imine (C=N–C) groups is 1. The molecule has 0 fully saturated rings. The number of fused-ring (bicyclic) bond motifs is 1. The third-order valence-electron chi connectivity index (χ3n) is 11.4. The number of primary amides is 2. The van der Waals surface area contributed by atoms with Gasteiger partial charge in [0.2, 0.25) is 47.3 Å². The van der Waals surface area contributed by atoms with Gasteiger partial charge in [0.05, 0.1) is 12.4 Å². The van der Waals surface area contributed by atoms with Crippen molar-refractivity contribution in [3.8, 4) is 0 Å². The lowest BCUT2D eigenvalue weighted by atomic mass is 10.0. The van der Waals surface area contributed by atoms with Crippen molar-refractivity contribution in [3.05, 3.63) is 54.2 Å². The standard InChI is InChI=1S/C45H71N17O10/c46-17-5-3-10-30(57-38(65)28(48)21-26-23-53-24-56-26)41(68)62-35(20-25-22-55-29-9-2-1-8-27(25)29)43(70)60-33(13-15-36(49)63)42(69)58-31(11-4-6-18-47)39(66)59-32(12-7-19-54-45(51)52)40(67)61-34(44(71)72)14-16-37(50)64/h1-2,8-9,22-24,28,30-35,55H,3-7,10-21,46-48H2,(H2,49,63)(H2,50,64)(H,53,56)(H,57,65)(H,58,69)(H,59,66)(H,60,70)(H,61,67)(H,62,68)(H,71,72)(H4,51,52,54)/t28-,30-,31-,32-,33-,34-,35-/m0/s1. The van der Waals surface area contributed by atoms with E-state index in [1.807, 2.05) is 6.07 Å². The summed E-state index contributed by atoms with van der Waals surface area (Å²) in [5, 5.41) is 26.0. The number of benzene rings is 1. The molecule has 0 aliphatic carbocycles. The van der Waals surface area contributed by atoms with E-state index in [0.29, 0.717) is 43.5 Å². The van der Waals surface area contributed by atoms with E-state index >= 15 is 0 Å². The van der Waals surface area contributed by atoms with Gasteiger partial charge in [0.25, 0.3) is 0 Å². The van der Waals surface area contributed by atoms with Crippen molar-refractivity contribution in [1.29, 1.82) is 0 Å². The van der Waals surface area contributed by atoms with Gasteiger partial charge in [-0.2, -0.15) is 0 Å². The zero-order valence-corrected chi connectivity index (χ0v) is 40.2. The molecule has 3 aromatic rings. The Morgan fingerprint density at radius 3 is 1.56 bits per heavy atom. The molecule has 0 unspecified atom stereocenters. The van der Waals surface area contributed by atoms with E-state index < -0.39 is 102 Å². The number of rotatable bonds is 35. The average molecular weight is 1010 g/mol. The first-order valence-electron chi connectivity index (χ1n) is 23.7. The van der Waals surface area contributed by atoms with Gasteiger partial charge >= 0.3 is 5.97 Å².